The van der Waals surface area contributed by atoms with Crippen LogP contribution in [-0.4, -0.2) is 104 Å². The topological polar surface area (TPSA) is 689 Å². The average molecular weight is 1710 g/mol. The summed E-state index contributed by atoms with van der Waals surface area (Å²) in [4.78, 5) is -9.17. The molecule has 0 aliphatic carbocycles. The number of nitrogens with zero attached hydrogens (tertiary/aromatic N) is 8. The van der Waals surface area contributed by atoms with Gasteiger partial charge in [-0.2, -0.15) is 54.1 Å². The van der Waals surface area contributed by atoms with E-state index in [-0.39, 0.29) is 247 Å². The molecule has 54 heteroatoms. The van der Waals surface area contributed by atoms with Crippen LogP contribution in [0.2, 0.25) is 0 Å². The van der Waals surface area contributed by atoms with Crippen LogP contribution < -0.4 is 268 Å². The van der Waals surface area contributed by atoms with Crippen LogP contribution in [-0.2, 0) is 80.9 Å². The largest absolute Gasteiger partial charge is 1.00 e. The molecule has 0 saturated carbocycles. The van der Waals surface area contributed by atoms with Crippen molar-refractivity contribution in [1.29, 1.82) is 0 Å². The van der Waals surface area contributed by atoms with E-state index >= 15 is 0 Å². The van der Waals surface area contributed by atoms with Crippen molar-refractivity contribution in [3.8, 4) is 23.0 Å². The van der Waals surface area contributed by atoms with Gasteiger partial charge >= 0.3 is 236 Å². The van der Waals surface area contributed by atoms with Crippen LogP contribution in [0.1, 0.15) is 11.1 Å². The smallest absolute Gasteiger partial charge is 0.871 e. The number of anilines is 2. The third kappa shape index (κ3) is 22.8. The SMILES string of the molecule is Nc1cc(S(=O)(=O)[O-])cc2cc(S(=O)(=O)O)c(N=Nc3ccc4cc(S(=O)(=O)O)c(N=Nc5ccc(/C=C/c6ccc(N=Nc7c(S(=O)(=O)O)cc8ccc(N=Nc9c(S(=O)(=O)O)cc%10cc(S(=O)(=O)[O-])cc(N)c%10c9[O-])cc8c7[O-])cc6S(=O)(=O)[O-])c(S(=O)(=O)[O-])c5)c([O-])c4c3)c([O-])c12.[Na+].[Na+].[Na+].[Na+].[Na+].[Na+].[Na+].[Na+]. The molecule has 0 aliphatic heterocycles. The normalized spacial score (nSPS) is 12.5. The van der Waals surface area contributed by atoms with Gasteiger partial charge in [-0.25, -0.2) is 33.7 Å². The maximum atomic E-state index is 14.0. The Bertz CT molecular complexity index is 6130. The first-order valence-corrected chi connectivity index (χ1v) is 37.6. The monoisotopic (exact) mass is 1710 g/mol. The maximum Gasteiger partial charge on any atom is 1.00 e. The average Bonchev–Trinajstić information content (AvgIpc) is 0.758. The minimum absolute atomic E-state index is 0. The number of hydrogen-bond acceptors (Lipinski definition) is 34. The molecule has 0 fully saturated rings. The zero-order chi connectivity index (χ0) is 73.7. The van der Waals surface area contributed by atoms with Crippen LogP contribution in [0.5, 0.6) is 23.0 Å². The molecule has 108 heavy (non-hydrogen) atoms. The van der Waals surface area contributed by atoms with Crippen LogP contribution in [0.4, 0.5) is 56.9 Å². The first-order chi connectivity index (χ1) is 46.1. The molecule has 10 aromatic carbocycles. The predicted octanol–water partition coefficient (Wildman–Crippen LogP) is -17.8. The maximum absolute atomic E-state index is 14.0. The van der Waals surface area contributed by atoms with Crippen LogP contribution in [0.25, 0.3) is 55.2 Å². The number of nitrogens with two attached hydrogens (primary N) is 2. The standard InChI is InChI=1S/C54H38N10O28S8.8Na/c55-37-21-33(93(69,70)71)11-27-15-43(99(87,88)89)49(53(67)45(27)37)63-57-29-9-5-25-13-41(97(81,82)83)47(51(65)35(25)17-29)61-59-31-7-3-23(39(19-31)95(75,76)77)1-2-24-4-8-32(20-40(24)96(78,79)80)60-62-48-42(98(84,85)86)14-26-6-10-30(18-36(26)52(48)66)58-64-50-44(100(90,91)92)16-28-12-34(94(72,73)74)22-38(56)46(28)54(50)68;;;;;;;;/h1-22,65-68H,55-56H2,(H,69,70,71)(H,72,73,74)(H,75,76,77)(H,78,79,80)(H,81,82,83)(H,84,85,86)(H,87,88,89)(H,90,91,92);;;;;;;;/q;8*+1/p-8/b2-1+,61-59?,62-60?,63-57?,64-58?;;;;;;;;. The number of benzene rings is 10. The third-order valence-corrected chi connectivity index (χ3v) is 20.9. The van der Waals surface area contributed by atoms with Gasteiger partial charge in [0.15, 0.2) is 0 Å². The third-order valence-electron chi connectivity index (χ3n) is 14.0. The minimum atomic E-state index is -5.62. The van der Waals surface area contributed by atoms with Gasteiger partial charge in [-0.1, -0.05) is 59.4 Å². The fraction of sp³-hybridized carbons (Fsp3) is 0. The Morgan fingerprint density at radius 1 is 0.287 bits per heavy atom. The van der Waals surface area contributed by atoms with Gasteiger partial charge in [0.25, 0.3) is 40.5 Å². The predicted molar refractivity (Wildman–Crippen MR) is 332 cm³/mol. The number of fused-ring (bicyclic) bond motifs is 4. The quantitative estimate of drug-likeness (QED) is 0.0153. The Kier molecular flexibility index (Phi) is 35.8. The fourth-order valence-corrected chi connectivity index (χ4v) is 14.7. The van der Waals surface area contributed by atoms with Crippen molar-refractivity contribution < 1.29 is 361 Å². The van der Waals surface area contributed by atoms with Gasteiger partial charge in [0.05, 0.1) is 65.1 Å². The van der Waals surface area contributed by atoms with E-state index in [1.165, 1.54) is 0 Å². The number of nitrogen functional groups attached to an aromatic ring is 2. The summed E-state index contributed by atoms with van der Waals surface area (Å²) in [5.74, 6) is -5.44. The van der Waals surface area contributed by atoms with Crippen LogP contribution in [0.3, 0.4) is 0 Å². The summed E-state index contributed by atoms with van der Waals surface area (Å²) in [7, 11) is -43.3. The molecule has 0 unspecified atom stereocenters. The summed E-state index contributed by atoms with van der Waals surface area (Å²) in [6.07, 6.45) is 1.58. The Balaban J connectivity index is 0.00000495. The Hall–Kier alpha value is -2.54. The van der Waals surface area contributed by atoms with Gasteiger partial charge in [-0.15, -0.1) is 20.5 Å². The van der Waals surface area contributed by atoms with E-state index in [1.807, 2.05) is 0 Å². The van der Waals surface area contributed by atoms with Gasteiger partial charge < -0.3 is 50.1 Å². The molecule has 0 radical (unpaired) electrons. The van der Waals surface area contributed by atoms with E-state index < -0.39 is 243 Å². The molecule has 0 spiro atoms. The van der Waals surface area contributed by atoms with Crippen LogP contribution >= 0.6 is 0 Å². The van der Waals surface area contributed by atoms with Gasteiger partial charge in [0, 0.05) is 11.4 Å². The summed E-state index contributed by atoms with van der Waals surface area (Å²) in [6.45, 7) is 0. The van der Waals surface area contributed by atoms with Crippen molar-refractivity contribution in [3.63, 3.8) is 0 Å². The number of azo groups is 4. The van der Waals surface area contributed by atoms with E-state index in [9.17, 15) is 124 Å². The second-order valence-corrected chi connectivity index (χ2v) is 31.6. The molecule has 0 bridgehead atoms. The van der Waals surface area contributed by atoms with Crippen LogP contribution in [0, 0.1) is 0 Å². The molecule has 0 heterocycles. The van der Waals surface area contributed by atoms with Crippen LogP contribution in [0.15, 0.2) is 201 Å². The van der Waals surface area contributed by atoms with Gasteiger partial charge in [-0.05, 0) is 151 Å². The van der Waals surface area contributed by atoms with Gasteiger partial charge in [0.2, 0.25) is 0 Å². The summed E-state index contributed by atoms with van der Waals surface area (Å²) in [5.41, 5.74) is 2.60. The molecule has 10 aromatic rings. The Morgan fingerprint density at radius 2 is 0.537 bits per heavy atom. The summed E-state index contributed by atoms with van der Waals surface area (Å²) < 4.78 is 286. The summed E-state index contributed by atoms with van der Waals surface area (Å²) in [5, 5.41) is 80.5. The molecular weight excluding hydrogens is 1680 g/mol. The van der Waals surface area contributed by atoms with Gasteiger partial charge in [0.1, 0.15) is 60.1 Å². The molecule has 520 valence electrons. The van der Waals surface area contributed by atoms with Crippen molar-refractivity contribution in [2.24, 2.45) is 40.9 Å². The van der Waals surface area contributed by atoms with Crippen molar-refractivity contribution in [2.45, 2.75) is 39.2 Å². The molecule has 8 N–H and O–H groups in total. The molecule has 0 amide bonds. The van der Waals surface area contributed by atoms with E-state index in [4.69, 9.17) is 11.5 Å². The van der Waals surface area contributed by atoms with E-state index in [2.05, 4.69) is 40.9 Å². The zero-order valence-electron chi connectivity index (χ0n) is 56.3. The Labute approximate surface area is 787 Å². The molecule has 38 nitrogen and oxygen atoms in total. The second-order valence-electron chi connectivity index (χ2n) is 20.5. The number of hydrogen-bond donors (Lipinski definition) is 6. The zero-order valence-corrected chi connectivity index (χ0v) is 78.8. The van der Waals surface area contributed by atoms with Crippen molar-refractivity contribution >= 4 is 193 Å². The van der Waals surface area contributed by atoms with E-state index in [0.29, 0.717) is 60.7 Å². The van der Waals surface area contributed by atoms with E-state index in [1.54, 1.807) is 0 Å². The first kappa shape index (κ1) is 102. The van der Waals surface area contributed by atoms with E-state index in [0.717, 1.165) is 72.8 Å². The summed E-state index contributed by atoms with van der Waals surface area (Å²) in [6, 6.07) is 15.4. The molecule has 0 aromatic heterocycles. The summed E-state index contributed by atoms with van der Waals surface area (Å²) >= 11 is 0. The Morgan fingerprint density at radius 3 is 0.796 bits per heavy atom. The van der Waals surface area contributed by atoms with Crippen molar-refractivity contribution in [2.75, 3.05) is 11.5 Å². The molecular formula is C54H30N10Na8O28S8. The van der Waals surface area contributed by atoms with Gasteiger partial charge in [-0.3, -0.25) is 18.2 Å². The second kappa shape index (κ2) is 38.0. The fourth-order valence-electron chi connectivity index (χ4n) is 9.65. The van der Waals surface area contributed by atoms with Crippen molar-refractivity contribution in [1.82, 2.24) is 0 Å². The molecule has 0 saturated heterocycles. The molecule has 10 rings (SSSR count). The van der Waals surface area contributed by atoms with Crippen molar-refractivity contribution in [3.05, 3.63) is 132 Å². The molecule has 0 aliphatic rings. The minimum Gasteiger partial charge on any atom is -0.871 e. The molecule has 0 atom stereocenters. The number of rotatable bonds is 18. The first-order valence-electron chi connectivity index (χ1n) is 26.2.